The van der Waals surface area contributed by atoms with Gasteiger partial charge < -0.3 is 8.94 Å². The van der Waals surface area contributed by atoms with Gasteiger partial charge in [0.1, 0.15) is 17.2 Å². The number of amides is 1. The van der Waals surface area contributed by atoms with Crippen molar-refractivity contribution in [3.05, 3.63) is 93.3 Å². The Balaban J connectivity index is 1.86. The Hall–Kier alpha value is -3.74. The molecule has 0 saturated heterocycles. The molecule has 0 fully saturated rings. The van der Waals surface area contributed by atoms with E-state index in [0.29, 0.717) is 16.7 Å². The average Bonchev–Trinajstić information content (AvgIpc) is 3.24. The number of anilines is 1. The fourth-order valence-corrected chi connectivity index (χ4v) is 3.61. The second kappa shape index (κ2) is 5.88. The van der Waals surface area contributed by atoms with Crippen molar-refractivity contribution in [3.63, 3.8) is 0 Å². The molecule has 138 valence electrons. The standard InChI is InChI=1S/C21H13FN2O4/c1-11-10-16(23-28-11)24-18(12-6-2-4-8-14(12)22)17-19(25)13-7-3-5-9-15(13)27-20(17)21(24)26/h2-10,18H,1H3/t18-/m0/s1. The Labute approximate surface area is 157 Å². The maximum atomic E-state index is 14.7. The SMILES string of the molecule is Cc1cc(N2C(=O)c3oc4ccccc4c(=O)c3[C@@H]2c2ccccc2F)no1. The number of aryl methyl sites for hydroxylation is 1. The van der Waals surface area contributed by atoms with Gasteiger partial charge in [0.15, 0.2) is 11.2 Å². The molecule has 4 aromatic rings. The lowest BCUT2D eigenvalue weighted by Crippen LogP contribution is -2.30. The number of hydrogen-bond acceptors (Lipinski definition) is 5. The van der Waals surface area contributed by atoms with E-state index in [1.54, 1.807) is 49.4 Å². The quantitative estimate of drug-likeness (QED) is 0.529. The fraction of sp³-hybridized carbons (Fsp3) is 0.0952. The Morgan fingerprint density at radius 1 is 1.07 bits per heavy atom. The first kappa shape index (κ1) is 16.4. The van der Waals surface area contributed by atoms with Gasteiger partial charge in [-0.15, -0.1) is 0 Å². The number of fused-ring (bicyclic) bond motifs is 2. The minimum absolute atomic E-state index is 0.0921. The predicted octanol–water partition coefficient (Wildman–Crippen LogP) is 3.98. The van der Waals surface area contributed by atoms with E-state index in [-0.39, 0.29) is 28.1 Å². The number of nitrogens with zero attached hydrogens (tertiary/aromatic N) is 2. The topological polar surface area (TPSA) is 76.6 Å². The van der Waals surface area contributed by atoms with Crippen molar-refractivity contribution in [3.8, 4) is 0 Å². The van der Waals surface area contributed by atoms with Crippen LogP contribution in [-0.2, 0) is 0 Å². The molecule has 7 heteroatoms. The molecule has 6 nitrogen and oxygen atoms in total. The first-order valence-electron chi connectivity index (χ1n) is 8.63. The number of benzene rings is 2. The molecule has 0 unspecified atom stereocenters. The maximum absolute atomic E-state index is 14.7. The summed E-state index contributed by atoms with van der Waals surface area (Å²) in [6.07, 6.45) is 0. The number of aromatic nitrogens is 1. The molecule has 1 atom stereocenters. The van der Waals surface area contributed by atoms with Crippen LogP contribution < -0.4 is 10.3 Å². The van der Waals surface area contributed by atoms with E-state index in [4.69, 9.17) is 8.94 Å². The Kier molecular flexibility index (Phi) is 3.45. The summed E-state index contributed by atoms with van der Waals surface area (Å²) in [5.41, 5.74) is 0.193. The largest absolute Gasteiger partial charge is 0.450 e. The second-order valence-corrected chi connectivity index (χ2v) is 6.57. The molecular weight excluding hydrogens is 363 g/mol. The number of carbonyl (C=O) groups excluding carboxylic acids is 1. The highest BCUT2D eigenvalue weighted by Gasteiger charge is 2.45. The second-order valence-electron chi connectivity index (χ2n) is 6.57. The van der Waals surface area contributed by atoms with Crippen molar-refractivity contribution in [2.75, 3.05) is 4.90 Å². The van der Waals surface area contributed by atoms with Gasteiger partial charge in [-0.05, 0) is 25.1 Å². The molecule has 2 aromatic carbocycles. The predicted molar refractivity (Wildman–Crippen MR) is 98.8 cm³/mol. The highest BCUT2D eigenvalue weighted by Crippen LogP contribution is 2.41. The first-order valence-corrected chi connectivity index (χ1v) is 8.63. The zero-order valence-corrected chi connectivity index (χ0v) is 14.7. The maximum Gasteiger partial charge on any atom is 0.296 e. The van der Waals surface area contributed by atoms with E-state index < -0.39 is 17.8 Å². The molecular formula is C21H13FN2O4. The van der Waals surface area contributed by atoms with Crippen LogP contribution in [0.5, 0.6) is 0 Å². The van der Waals surface area contributed by atoms with Crippen LogP contribution >= 0.6 is 0 Å². The van der Waals surface area contributed by atoms with Gasteiger partial charge in [-0.25, -0.2) is 4.39 Å². The van der Waals surface area contributed by atoms with E-state index in [2.05, 4.69) is 5.16 Å². The summed E-state index contributed by atoms with van der Waals surface area (Å²) in [4.78, 5) is 27.7. The molecule has 28 heavy (non-hydrogen) atoms. The number of para-hydroxylation sites is 1. The molecule has 3 heterocycles. The van der Waals surface area contributed by atoms with Gasteiger partial charge in [-0.2, -0.15) is 0 Å². The van der Waals surface area contributed by atoms with Crippen LogP contribution in [0.15, 0.2) is 68.3 Å². The fourth-order valence-electron chi connectivity index (χ4n) is 3.61. The third-order valence-corrected chi connectivity index (χ3v) is 4.84. The molecule has 1 aliphatic heterocycles. The molecule has 5 rings (SSSR count). The van der Waals surface area contributed by atoms with Gasteiger partial charge >= 0.3 is 0 Å². The van der Waals surface area contributed by atoms with Gasteiger partial charge in [0.05, 0.1) is 17.0 Å². The molecule has 0 saturated carbocycles. The van der Waals surface area contributed by atoms with Crippen LogP contribution in [0.1, 0.15) is 33.5 Å². The van der Waals surface area contributed by atoms with Crippen LogP contribution in [0.25, 0.3) is 11.0 Å². The third-order valence-electron chi connectivity index (χ3n) is 4.84. The van der Waals surface area contributed by atoms with Crippen molar-refractivity contribution in [1.82, 2.24) is 5.16 Å². The summed E-state index contributed by atoms with van der Waals surface area (Å²) in [7, 11) is 0. The van der Waals surface area contributed by atoms with Gasteiger partial charge in [0, 0.05) is 11.6 Å². The number of hydrogen-bond donors (Lipinski definition) is 0. The monoisotopic (exact) mass is 376 g/mol. The average molecular weight is 376 g/mol. The summed E-state index contributed by atoms with van der Waals surface area (Å²) in [6.45, 7) is 1.68. The van der Waals surface area contributed by atoms with Gasteiger partial charge in [-0.1, -0.05) is 35.5 Å². The van der Waals surface area contributed by atoms with Gasteiger partial charge in [0.25, 0.3) is 5.91 Å². The van der Waals surface area contributed by atoms with Crippen molar-refractivity contribution < 1.29 is 18.1 Å². The summed E-state index contributed by atoms with van der Waals surface area (Å²) >= 11 is 0. The highest BCUT2D eigenvalue weighted by atomic mass is 19.1. The number of carbonyl (C=O) groups is 1. The number of halogens is 1. The summed E-state index contributed by atoms with van der Waals surface area (Å²) in [6, 6.07) is 13.2. The normalized spacial score (nSPS) is 16.0. The van der Waals surface area contributed by atoms with Gasteiger partial charge in [-0.3, -0.25) is 14.5 Å². The molecule has 0 N–H and O–H groups in total. The zero-order valence-electron chi connectivity index (χ0n) is 14.7. The van der Waals surface area contributed by atoms with Crippen LogP contribution in [0, 0.1) is 12.7 Å². The summed E-state index contributed by atoms with van der Waals surface area (Å²) < 4.78 is 25.6. The molecule has 2 aromatic heterocycles. The smallest absolute Gasteiger partial charge is 0.296 e. The highest BCUT2D eigenvalue weighted by molar-refractivity contribution is 6.10. The van der Waals surface area contributed by atoms with E-state index in [9.17, 15) is 14.0 Å². The lowest BCUT2D eigenvalue weighted by molar-refractivity contribution is 0.0969. The number of rotatable bonds is 2. The lowest BCUT2D eigenvalue weighted by Gasteiger charge is -2.22. The van der Waals surface area contributed by atoms with Crippen LogP contribution in [0.3, 0.4) is 0 Å². The van der Waals surface area contributed by atoms with Crippen LogP contribution in [0.4, 0.5) is 10.2 Å². The van der Waals surface area contributed by atoms with Crippen molar-refractivity contribution >= 4 is 22.7 Å². The minimum Gasteiger partial charge on any atom is -0.450 e. The van der Waals surface area contributed by atoms with E-state index >= 15 is 0 Å². The van der Waals surface area contributed by atoms with Crippen molar-refractivity contribution in [2.24, 2.45) is 0 Å². The first-order chi connectivity index (χ1) is 13.6. The van der Waals surface area contributed by atoms with E-state index in [1.807, 2.05) is 0 Å². The third kappa shape index (κ3) is 2.22. The molecule has 1 amide bonds. The van der Waals surface area contributed by atoms with E-state index in [1.165, 1.54) is 17.0 Å². The molecule has 0 spiro atoms. The summed E-state index contributed by atoms with van der Waals surface area (Å²) in [5.74, 6) is -0.552. The van der Waals surface area contributed by atoms with Gasteiger partial charge in [0.2, 0.25) is 5.76 Å². The van der Waals surface area contributed by atoms with Crippen LogP contribution in [-0.4, -0.2) is 11.1 Å². The van der Waals surface area contributed by atoms with Crippen molar-refractivity contribution in [1.29, 1.82) is 0 Å². The molecule has 0 bridgehead atoms. The van der Waals surface area contributed by atoms with Crippen LogP contribution in [0.2, 0.25) is 0 Å². The Morgan fingerprint density at radius 2 is 1.82 bits per heavy atom. The molecule has 1 aliphatic rings. The summed E-state index contributed by atoms with van der Waals surface area (Å²) in [5, 5.41) is 4.23. The zero-order chi connectivity index (χ0) is 19.4. The molecule has 0 radical (unpaired) electrons. The lowest BCUT2D eigenvalue weighted by atomic mass is 9.98. The molecule has 0 aliphatic carbocycles. The Bertz CT molecular complexity index is 1310. The minimum atomic E-state index is -1.01. The van der Waals surface area contributed by atoms with Crippen molar-refractivity contribution in [2.45, 2.75) is 13.0 Å². The van der Waals surface area contributed by atoms with E-state index in [0.717, 1.165) is 0 Å². The Morgan fingerprint density at radius 3 is 2.57 bits per heavy atom.